The molecular formula is C12H18N4O2. The Morgan fingerprint density at radius 3 is 2.44 bits per heavy atom. The maximum absolute atomic E-state index is 10.9. The number of hydrogen-bond acceptors (Lipinski definition) is 5. The fourth-order valence-corrected chi connectivity index (χ4v) is 2.09. The summed E-state index contributed by atoms with van der Waals surface area (Å²) < 4.78 is 0. The predicted octanol–water partition coefficient (Wildman–Crippen LogP) is 1.39. The third-order valence-electron chi connectivity index (χ3n) is 3.27. The van der Waals surface area contributed by atoms with Gasteiger partial charge >= 0.3 is 0 Å². The van der Waals surface area contributed by atoms with Crippen LogP contribution in [0.15, 0.2) is 18.2 Å². The van der Waals surface area contributed by atoms with E-state index in [2.05, 4.69) is 22.2 Å². The third-order valence-corrected chi connectivity index (χ3v) is 3.27. The topological polar surface area (TPSA) is 61.6 Å². The van der Waals surface area contributed by atoms with Crippen molar-refractivity contribution in [3.8, 4) is 0 Å². The quantitative estimate of drug-likeness (QED) is 0.649. The SMILES string of the molecule is CNc1cc(N2CCN(C)CC2)cc([N+](=O)[O-])c1. The minimum Gasteiger partial charge on any atom is -0.388 e. The Morgan fingerprint density at radius 2 is 1.89 bits per heavy atom. The summed E-state index contributed by atoms with van der Waals surface area (Å²) in [5.41, 5.74) is 1.83. The Morgan fingerprint density at radius 1 is 1.22 bits per heavy atom. The van der Waals surface area contributed by atoms with E-state index < -0.39 is 0 Å². The molecule has 1 aliphatic rings. The summed E-state index contributed by atoms with van der Waals surface area (Å²) in [6.07, 6.45) is 0. The molecule has 0 amide bonds. The van der Waals surface area contributed by atoms with Gasteiger partial charge in [-0.3, -0.25) is 10.1 Å². The number of anilines is 2. The standard InChI is InChI=1S/C12H18N4O2/c1-13-10-7-11(9-12(8-10)16(17)18)15-5-3-14(2)4-6-15/h7-9,13H,3-6H2,1-2H3. The van der Waals surface area contributed by atoms with Gasteiger partial charge in [-0.25, -0.2) is 0 Å². The van der Waals surface area contributed by atoms with Crippen LogP contribution in [-0.4, -0.2) is 50.1 Å². The van der Waals surface area contributed by atoms with Crippen LogP contribution in [0.2, 0.25) is 0 Å². The number of nitro benzene ring substituents is 1. The van der Waals surface area contributed by atoms with Crippen molar-refractivity contribution in [3.63, 3.8) is 0 Å². The minimum atomic E-state index is -0.347. The highest BCUT2D eigenvalue weighted by Gasteiger charge is 2.17. The molecule has 1 aromatic carbocycles. The van der Waals surface area contributed by atoms with Crippen LogP contribution in [0.4, 0.5) is 17.1 Å². The molecule has 98 valence electrons. The van der Waals surface area contributed by atoms with Crippen LogP contribution < -0.4 is 10.2 Å². The molecule has 1 aliphatic heterocycles. The molecule has 6 nitrogen and oxygen atoms in total. The van der Waals surface area contributed by atoms with Crippen LogP contribution in [0.25, 0.3) is 0 Å². The van der Waals surface area contributed by atoms with Crippen LogP contribution in [0, 0.1) is 10.1 Å². The molecule has 0 aliphatic carbocycles. The van der Waals surface area contributed by atoms with Gasteiger partial charge in [0.05, 0.1) is 4.92 Å². The summed E-state index contributed by atoms with van der Waals surface area (Å²) in [7, 11) is 3.86. The lowest BCUT2D eigenvalue weighted by molar-refractivity contribution is -0.384. The molecule has 1 heterocycles. The molecule has 18 heavy (non-hydrogen) atoms. The van der Waals surface area contributed by atoms with Crippen molar-refractivity contribution in [2.45, 2.75) is 0 Å². The summed E-state index contributed by atoms with van der Waals surface area (Å²) in [5, 5.41) is 13.9. The second-order valence-electron chi connectivity index (χ2n) is 4.54. The number of rotatable bonds is 3. The molecule has 0 saturated carbocycles. The molecule has 2 rings (SSSR count). The van der Waals surface area contributed by atoms with E-state index in [1.165, 1.54) is 0 Å². The number of hydrogen-bond donors (Lipinski definition) is 1. The van der Waals surface area contributed by atoms with E-state index in [1.54, 1.807) is 19.2 Å². The lowest BCUT2D eigenvalue weighted by Gasteiger charge is -2.34. The summed E-state index contributed by atoms with van der Waals surface area (Å²) in [5.74, 6) is 0. The van der Waals surface area contributed by atoms with E-state index in [4.69, 9.17) is 0 Å². The Kier molecular flexibility index (Phi) is 3.66. The van der Waals surface area contributed by atoms with Gasteiger partial charge in [0.25, 0.3) is 5.69 Å². The molecule has 1 N–H and O–H groups in total. The summed E-state index contributed by atoms with van der Waals surface area (Å²) in [6, 6.07) is 5.16. The van der Waals surface area contributed by atoms with E-state index >= 15 is 0 Å². The van der Waals surface area contributed by atoms with Gasteiger partial charge in [0.15, 0.2) is 0 Å². The first-order valence-corrected chi connectivity index (χ1v) is 6.01. The summed E-state index contributed by atoms with van der Waals surface area (Å²) >= 11 is 0. The summed E-state index contributed by atoms with van der Waals surface area (Å²) in [4.78, 5) is 15.0. The number of nitrogens with one attached hydrogen (secondary N) is 1. The second kappa shape index (κ2) is 5.22. The van der Waals surface area contributed by atoms with E-state index in [1.807, 2.05) is 6.07 Å². The van der Waals surface area contributed by atoms with Crippen LogP contribution in [0.3, 0.4) is 0 Å². The zero-order valence-electron chi connectivity index (χ0n) is 10.7. The van der Waals surface area contributed by atoms with Gasteiger partial charge in [0, 0.05) is 56.7 Å². The van der Waals surface area contributed by atoms with Gasteiger partial charge in [0.1, 0.15) is 0 Å². The zero-order valence-corrected chi connectivity index (χ0v) is 10.7. The van der Waals surface area contributed by atoms with Gasteiger partial charge in [-0.15, -0.1) is 0 Å². The largest absolute Gasteiger partial charge is 0.388 e. The molecule has 1 fully saturated rings. The first-order valence-electron chi connectivity index (χ1n) is 6.01. The first-order chi connectivity index (χ1) is 8.60. The van der Waals surface area contributed by atoms with E-state index in [0.717, 1.165) is 37.6 Å². The average Bonchev–Trinajstić information content (AvgIpc) is 2.39. The maximum Gasteiger partial charge on any atom is 0.273 e. The Labute approximate surface area is 106 Å². The third kappa shape index (κ3) is 2.70. The molecule has 0 atom stereocenters. The highest BCUT2D eigenvalue weighted by Crippen LogP contribution is 2.27. The average molecular weight is 250 g/mol. The van der Waals surface area contributed by atoms with E-state index in [-0.39, 0.29) is 10.6 Å². The van der Waals surface area contributed by atoms with Gasteiger partial charge < -0.3 is 15.1 Å². The normalized spacial score (nSPS) is 16.7. The Balaban J connectivity index is 2.26. The highest BCUT2D eigenvalue weighted by molar-refractivity contribution is 5.64. The number of nitrogens with zero attached hydrogens (tertiary/aromatic N) is 3. The fraction of sp³-hybridized carbons (Fsp3) is 0.500. The number of piperazine rings is 1. The Bertz CT molecular complexity index is 442. The van der Waals surface area contributed by atoms with Gasteiger partial charge in [-0.2, -0.15) is 0 Å². The van der Waals surface area contributed by atoms with E-state index in [0.29, 0.717) is 0 Å². The summed E-state index contributed by atoms with van der Waals surface area (Å²) in [6.45, 7) is 3.77. The van der Waals surface area contributed by atoms with Crippen molar-refractivity contribution < 1.29 is 4.92 Å². The second-order valence-corrected chi connectivity index (χ2v) is 4.54. The Hall–Kier alpha value is -1.82. The monoisotopic (exact) mass is 250 g/mol. The lowest BCUT2D eigenvalue weighted by atomic mass is 10.2. The predicted molar refractivity (Wildman–Crippen MR) is 72.4 cm³/mol. The lowest BCUT2D eigenvalue weighted by Crippen LogP contribution is -2.44. The molecule has 0 radical (unpaired) electrons. The first kappa shape index (κ1) is 12.6. The van der Waals surface area contributed by atoms with Gasteiger partial charge in [-0.1, -0.05) is 0 Å². The van der Waals surface area contributed by atoms with Gasteiger partial charge in [0.2, 0.25) is 0 Å². The molecule has 0 spiro atoms. The smallest absolute Gasteiger partial charge is 0.273 e. The molecule has 0 aromatic heterocycles. The maximum atomic E-state index is 10.9. The molecular weight excluding hydrogens is 232 g/mol. The van der Waals surface area contributed by atoms with Crippen molar-refractivity contribution in [1.82, 2.24) is 4.90 Å². The van der Waals surface area contributed by atoms with Crippen molar-refractivity contribution >= 4 is 17.1 Å². The zero-order chi connectivity index (χ0) is 13.1. The molecule has 0 bridgehead atoms. The molecule has 0 unspecified atom stereocenters. The highest BCUT2D eigenvalue weighted by atomic mass is 16.6. The van der Waals surface area contributed by atoms with Crippen molar-refractivity contribution in [2.24, 2.45) is 0 Å². The van der Waals surface area contributed by atoms with Crippen molar-refractivity contribution in [3.05, 3.63) is 28.3 Å². The van der Waals surface area contributed by atoms with Gasteiger partial charge in [-0.05, 0) is 13.1 Å². The number of non-ortho nitro benzene ring substituents is 1. The number of likely N-dealkylation sites (N-methyl/N-ethyl adjacent to an activating group) is 1. The van der Waals surface area contributed by atoms with Crippen molar-refractivity contribution in [2.75, 3.05) is 50.5 Å². The van der Waals surface area contributed by atoms with Crippen LogP contribution in [0.1, 0.15) is 0 Å². The van der Waals surface area contributed by atoms with Crippen LogP contribution in [0.5, 0.6) is 0 Å². The van der Waals surface area contributed by atoms with E-state index in [9.17, 15) is 10.1 Å². The minimum absolute atomic E-state index is 0.135. The molecule has 6 heteroatoms. The number of benzene rings is 1. The van der Waals surface area contributed by atoms with Crippen LogP contribution in [-0.2, 0) is 0 Å². The molecule has 1 aromatic rings. The molecule has 1 saturated heterocycles. The van der Waals surface area contributed by atoms with Crippen LogP contribution >= 0.6 is 0 Å². The van der Waals surface area contributed by atoms with Crippen molar-refractivity contribution in [1.29, 1.82) is 0 Å². The fourth-order valence-electron chi connectivity index (χ4n) is 2.09. The number of nitro groups is 1.